The summed E-state index contributed by atoms with van der Waals surface area (Å²) in [5.41, 5.74) is 2.74. The van der Waals surface area contributed by atoms with Crippen molar-refractivity contribution >= 4 is 22.8 Å². The van der Waals surface area contributed by atoms with Crippen LogP contribution in [-0.2, 0) is 9.53 Å². The van der Waals surface area contributed by atoms with Crippen LogP contribution in [-0.4, -0.2) is 29.5 Å². The molecule has 1 N–H and O–H groups in total. The van der Waals surface area contributed by atoms with Gasteiger partial charge in [-0.1, -0.05) is 75.2 Å². The molecular weight excluding hydrogens is 388 g/mol. The minimum Gasteiger partial charge on any atom is -0.452 e. The number of carbonyl (C=O) groups excluding carboxylic acids is 2. The summed E-state index contributed by atoms with van der Waals surface area (Å²) in [6, 6.07) is 19.0. The number of esters is 1. The fourth-order valence-corrected chi connectivity index (χ4v) is 4.34. The van der Waals surface area contributed by atoms with E-state index in [1.54, 1.807) is 6.07 Å². The maximum atomic E-state index is 12.9. The van der Waals surface area contributed by atoms with E-state index in [0.717, 1.165) is 18.4 Å². The minimum atomic E-state index is -0.518. The zero-order valence-corrected chi connectivity index (χ0v) is 18.0. The highest BCUT2D eigenvalue weighted by Crippen LogP contribution is 2.29. The molecule has 1 saturated carbocycles. The summed E-state index contributed by atoms with van der Waals surface area (Å²) in [5.74, 6) is 0.240. The zero-order valence-electron chi connectivity index (χ0n) is 18.0. The first kappa shape index (κ1) is 21.0. The first-order valence-corrected chi connectivity index (χ1v) is 10.9. The van der Waals surface area contributed by atoms with Gasteiger partial charge in [0.15, 0.2) is 6.61 Å². The molecule has 160 valence electrons. The number of nitrogens with zero attached hydrogens (tertiary/aromatic N) is 1. The van der Waals surface area contributed by atoms with Crippen molar-refractivity contribution in [3.8, 4) is 11.3 Å². The Hall–Kier alpha value is -3.21. The lowest BCUT2D eigenvalue weighted by Crippen LogP contribution is -2.45. The smallest absolute Gasteiger partial charge is 0.339 e. The molecule has 1 amide bonds. The summed E-state index contributed by atoms with van der Waals surface area (Å²) in [6.07, 6.45) is 3.28. The van der Waals surface area contributed by atoms with E-state index in [4.69, 9.17) is 4.74 Å². The van der Waals surface area contributed by atoms with Crippen LogP contribution in [0.5, 0.6) is 0 Å². The van der Waals surface area contributed by atoms with Gasteiger partial charge in [-0.2, -0.15) is 0 Å². The second kappa shape index (κ2) is 9.29. The van der Waals surface area contributed by atoms with Crippen LogP contribution in [0.2, 0.25) is 0 Å². The van der Waals surface area contributed by atoms with Gasteiger partial charge in [0.25, 0.3) is 5.91 Å². The maximum Gasteiger partial charge on any atom is 0.339 e. The second-order valence-electron chi connectivity index (χ2n) is 8.46. The molecule has 3 atom stereocenters. The molecule has 0 radical (unpaired) electrons. The summed E-state index contributed by atoms with van der Waals surface area (Å²) in [4.78, 5) is 30.1. The topological polar surface area (TPSA) is 68.3 Å². The molecule has 1 aliphatic rings. The highest BCUT2D eigenvalue weighted by atomic mass is 16.5. The third-order valence-electron chi connectivity index (χ3n) is 6.39. The Balaban J connectivity index is 1.50. The average molecular weight is 417 g/mol. The molecule has 1 aromatic heterocycles. The lowest BCUT2D eigenvalue weighted by atomic mass is 9.78. The normalized spacial score (nSPS) is 20.9. The van der Waals surface area contributed by atoms with Gasteiger partial charge in [-0.25, -0.2) is 9.78 Å². The van der Waals surface area contributed by atoms with Gasteiger partial charge in [0.1, 0.15) is 0 Å². The quantitative estimate of drug-likeness (QED) is 0.595. The molecule has 2 aromatic carbocycles. The fraction of sp³-hybridized carbons (Fsp3) is 0.346. The number of aromatic nitrogens is 1. The first-order valence-electron chi connectivity index (χ1n) is 10.9. The number of hydrogen-bond acceptors (Lipinski definition) is 4. The fourth-order valence-electron chi connectivity index (χ4n) is 4.34. The Morgan fingerprint density at radius 1 is 1.03 bits per heavy atom. The molecule has 1 fully saturated rings. The summed E-state index contributed by atoms with van der Waals surface area (Å²) in [7, 11) is 0. The lowest BCUT2D eigenvalue weighted by Gasteiger charge is -2.34. The lowest BCUT2D eigenvalue weighted by molar-refractivity contribution is -0.125. The van der Waals surface area contributed by atoms with Gasteiger partial charge in [-0.15, -0.1) is 0 Å². The molecule has 3 aromatic rings. The Labute approximate surface area is 182 Å². The number of ether oxygens (including phenoxy) is 1. The van der Waals surface area contributed by atoms with Crippen molar-refractivity contribution in [2.24, 2.45) is 11.8 Å². The summed E-state index contributed by atoms with van der Waals surface area (Å²) >= 11 is 0. The number of hydrogen-bond donors (Lipinski definition) is 1. The second-order valence-corrected chi connectivity index (χ2v) is 8.46. The predicted molar refractivity (Wildman–Crippen MR) is 122 cm³/mol. The van der Waals surface area contributed by atoms with E-state index in [1.807, 2.05) is 54.6 Å². The van der Waals surface area contributed by atoms with Crippen molar-refractivity contribution in [3.05, 3.63) is 66.2 Å². The Morgan fingerprint density at radius 3 is 2.58 bits per heavy atom. The van der Waals surface area contributed by atoms with Crippen molar-refractivity contribution < 1.29 is 14.3 Å². The molecule has 0 bridgehead atoms. The monoisotopic (exact) mass is 416 g/mol. The van der Waals surface area contributed by atoms with Gasteiger partial charge in [0, 0.05) is 17.0 Å². The minimum absolute atomic E-state index is 0.140. The standard InChI is InChI=1S/C26H28N2O3/c1-17-9-8-14-22(18(17)2)28-25(29)16-31-26(30)21-15-24(19-10-4-3-5-11-19)27-23-13-7-6-12-20(21)23/h3-7,10-13,15,17-18,22H,8-9,14,16H2,1-2H3,(H,28,29)/t17-,18+,22+/m0/s1. The van der Waals surface area contributed by atoms with Crippen molar-refractivity contribution in [1.82, 2.24) is 10.3 Å². The first-order chi connectivity index (χ1) is 15.0. The maximum absolute atomic E-state index is 12.9. The number of pyridine rings is 1. The molecular formula is C26H28N2O3. The van der Waals surface area contributed by atoms with Gasteiger partial charge in [0.2, 0.25) is 0 Å². The molecule has 0 saturated heterocycles. The number of carbonyl (C=O) groups is 2. The highest BCUT2D eigenvalue weighted by molar-refractivity contribution is 6.05. The number of amides is 1. The van der Waals surface area contributed by atoms with Gasteiger partial charge in [0.05, 0.1) is 16.8 Å². The zero-order chi connectivity index (χ0) is 21.8. The van der Waals surface area contributed by atoms with Gasteiger partial charge in [-0.05, 0) is 30.4 Å². The Morgan fingerprint density at radius 2 is 1.77 bits per heavy atom. The largest absolute Gasteiger partial charge is 0.452 e. The van der Waals surface area contributed by atoms with Gasteiger partial charge >= 0.3 is 5.97 Å². The molecule has 0 spiro atoms. The third kappa shape index (κ3) is 4.76. The van der Waals surface area contributed by atoms with Crippen LogP contribution in [0.1, 0.15) is 43.5 Å². The number of para-hydroxylation sites is 1. The number of benzene rings is 2. The van der Waals surface area contributed by atoms with Gasteiger partial charge in [-0.3, -0.25) is 4.79 Å². The van der Waals surface area contributed by atoms with E-state index in [9.17, 15) is 9.59 Å². The number of fused-ring (bicyclic) bond motifs is 1. The Kier molecular flexibility index (Phi) is 6.31. The van der Waals surface area contributed by atoms with E-state index >= 15 is 0 Å². The van der Waals surface area contributed by atoms with E-state index in [1.165, 1.54) is 6.42 Å². The predicted octanol–water partition coefficient (Wildman–Crippen LogP) is 5.00. The van der Waals surface area contributed by atoms with Crippen molar-refractivity contribution in [3.63, 3.8) is 0 Å². The van der Waals surface area contributed by atoms with Crippen molar-refractivity contribution in [2.45, 2.75) is 39.2 Å². The molecule has 1 heterocycles. The molecule has 5 nitrogen and oxygen atoms in total. The van der Waals surface area contributed by atoms with Crippen LogP contribution in [0.25, 0.3) is 22.2 Å². The van der Waals surface area contributed by atoms with E-state index in [2.05, 4.69) is 24.1 Å². The van der Waals surface area contributed by atoms with Crippen LogP contribution in [0.15, 0.2) is 60.7 Å². The molecule has 31 heavy (non-hydrogen) atoms. The van der Waals surface area contributed by atoms with Crippen molar-refractivity contribution in [2.75, 3.05) is 6.61 Å². The third-order valence-corrected chi connectivity index (χ3v) is 6.39. The average Bonchev–Trinajstić information content (AvgIpc) is 2.80. The van der Waals surface area contributed by atoms with Crippen LogP contribution < -0.4 is 5.32 Å². The molecule has 1 aliphatic carbocycles. The van der Waals surface area contributed by atoms with Crippen LogP contribution in [0, 0.1) is 11.8 Å². The van der Waals surface area contributed by atoms with Crippen LogP contribution in [0.3, 0.4) is 0 Å². The van der Waals surface area contributed by atoms with Crippen LogP contribution in [0.4, 0.5) is 0 Å². The number of nitrogens with one attached hydrogen (secondary N) is 1. The van der Waals surface area contributed by atoms with Crippen molar-refractivity contribution in [1.29, 1.82) is 0 Å². The summed E-state index contributed by atoms with van der Waals surface area (Å²) < 4.78 is 5.41. The van der Waals surface area contributed by atoms with Gasteiger partial charge < -0.3 is 10.1 Å². The molecule has 0 unspecified atom stereocenters. The number of rotatable bonds is 5. The Bertz CT molecular complexity index is 1080. The SMILES string of the molecule is C[C@@H]1[C@@H](C)CCC[C@H]1NC(=O)COC(=O)c1cc(-c2ccccc2)nc2ccccc12. The highest BCUT2D eigenvalue weighted by Gasteiger charge is 2.28. The molecule has 5 heteroatoms. The van der Waals surface area contributed by atoms with E-state index < -0.39 is 5.97 Å². The summed E-state index contributed by atoms with van der Waals surface area (Å²) in [5, 5.41) is 3.76. The van der Waals surface area contributed by atoms with Crippen LogP contribution >= 0.6 is 0 Å². The molecule has 4 rings (SSSR count). The van der Waals surface area contributed by atoms with E-state index in [0.29, 0.717) is 34.0 Å². The van der Waals surface area contributed by atoms with E-state index in [-0.39, 0.29) is 18.6 Å². The molecule has 0 aliphatic heterocycles. The summed E-state index contributed by atoms with van der Waals surface area (Å²) in [6.45, 7) is 4.12.